The third-order valence-corrected chi connectivity index (χ3v) is 3.88. The summed E-state index contributed by atoms with van der Waals surface area (Å²) < 4.78 is 10.6. The van der Waals surface area contributed by atoms with Crippen LogP contribution in [-0.4, -0.2) is 25.2 Å². The first-order valence-electron chi connectivity index (χ1n) is 8.91. The molecule has 0 amide bonds. The second-order valence-corrected chi connectivity index (χ2v) is 5.93. The Morgan fingerprint density at radius 3 is 1.77 bits per heavy atom. The number of hydrogen-bond donors (Lipinski definition) is 0. The summed E-state index contributed by atoms with van der Waals surface area (Å²) in [5.74, 6) is -1.33. The van der Waals surface area contributed by atoms with E-state index in [9.17, 15) is 9.59 Å². The van der Waals surface area contributed by atoms with Crippen molar-refractivity contribution in [2.24, 2.45) is 11.8 Å². The number of rotatable bonds is 13. The van der Waals surface area contributed by atoms with Gasteiger partial charge in [0.05, 0.1) is 25.0 Å². The minimum absolute atomic E-state index is 0.246. The molecule has 0 aliphatic rings. The molecule has 2 unspecified atom stereocenters. The van der Waals surface area contributed by atoms with Crippen molar-refractivity contribution in [3.8, 4) is 0 Å². The first-order valence-corrected chi connectivity index (χ1v) is 8.91. The van der Waals surface area contributed by atoms with E-state index in [0.717, 1.165) is 44.9 Å². The molecule has 2 atom stereocenters. The molecule has 0 bridgehead atoms. The average Bonchev–Trinajstić information content (AvgIpc) is 2.51. The van der Waals surface area contributed by atoms with Gasteiger partial charge in [-0.05, 0) is 19.3 Å². The van der Waals surface area contributed by atoms with Gasteiger partial charge in [-0.2, -0.15) is 0 Å². The molecular formula is C18H34O4. The fraction of sp³-hybridized carbons (Fsp3) is 0.889. The fourth-order valence-corrected chi connectivity index (χ4v) is 2.22. The Bertz CT molecular complexity index is 301. The smallest absolute Gasteiger partial charge is 0.309 e. The van der Waals surface area contributed by atoms with Gasteiger partial charge in [0.2, 0.25) is 0 Å². The summed E-state index contributed by atoms with van der Waals surface area (Å²) in [4.78, 5) is 24.4. The van der Waals surface area contributed by atoms with Crippen molar-refractivity contribution in [2.45, 2.75) is 79.1 Å². The molecule has 0 radical (unpaired) electrons. The molecule has 4 nitrogen and oxygen atoms in total. The van der Waals surface area contributed by atoms with Crippen LogP contribution in [0.2, 0.25) is 0 Å². The van der Waals surface area contributed by atoms with Gasteiger partial charge in [-0.1, -0.05) is 59.8 Å². The molecule has 0 rings (SSSR count). The van der Waals surface area contributed by atoms with E-state index in [1.165, 1.54) is 0 Å². The molecule has 0 fully saturated rings. The largest absolute Gasteiger partial charge is 0.465 e. The Labute approximate surface area is 135 Å². The molecule has 130 valence electrons. The average molecular weight is 314 g/mol. The Morgan fingerprint density at radius 1 is 0.773 bits per heavy atom. The zero-order valence-electron chi connectivity index (χ0n) is 14.9. The van der Waals surface area contributed by atoms with Gasteiger partial charge >= 0.3 is 11.9 Å². The van der Waals surface area contributed by atoms with Crippen molar-refractivity contribution in [3.63, 3.8) is 0 Å². The lowest BCUT2D eigenvalue weighted by Gasteiger charge is -2.21. The highest BCUT2D eigenvalue weighted by atomic mass is 16.5. The summed E-state index contributed by atoms with van der Waals surface area (Å²) in [6.07, 6.45) is 7.49. The zero-order chi connectivity index (χ0) is 16.8. The van der Waals surface area contributed by atoms with Crippen LogP contribution in [0.4, 0.5) is 0 Å². The van der Waals surface area contributed by atoms with E-state index in [1.54, 1.807) is 6.92 Å². The second kappa shape index (κ2) is 13.6. The highest BCUT2D eigenvalue weighted by molar-refractivity contribution is 5.81. The van der Waals surface area contributed by atoms with E-state index in [0.29, 0.717) is 19.6 Å². The third-order valence-electron chi connectivity index (χ3n) is 3.88. The van der Waals surface area contributed by atoms with Gasteiger partial charge < -0.3 is 9.47 Å². The van der Waals surface area contributed by atoms with Gasteiger partial charge in [0, 0.05) is 0 Å². The maximum Gasteiger partial charge on any atom is 0.309 e. The quantitative estimate of drug-likeness (QED) is 0.371. The van der Waals surface area contributed by atoms with Crippen molar-refractivity contribution in [1.82, 2.24) is 0 Å². The summed E-state index contributed by atoms with van der Waals surface area (Å²) >= 11 is 0. The SMILES string of the molecule is CCCCCC(C(=O)OCCCC)C(C)C(=O)OCCCC. The first kappa shape index (κ1) is 20.9. The normalized spacial score (nSPS) is 13.5. The predicted molar refractivity (Wildman–Crippen MR) is 88.5 cm³/mol. The van der Waals surface area contributed by atoms with Crippen LogP contribution in [0, 0.1) is 11.8 Å². The number of carbonyl (C=O) groups is 2. The Morgan fingerprint density at radius 2 is 1.27 bits per heavy atom. The van der Waals surface area contributed by atoms with Crippen LogP contribution in [0.1, 0.15) is 79.1 Å². The van der Waals surface area contributed by atoms with Crippen LogP contribution >= 0.6 is 0 Å². The minimum atomic E-state index is -0.428. The molecular weight excluding hydrogens is 280 g/mol. The number of hydrogen-bond acceptors (Lipinski definition) is 4. The molecule has 22 heavy (non-hydrogen) atoms. The van der Waals surface area contributed by atoms with Gasteiger partial charge in [-0.25, -0.2) is 0 Å². The van der Waals surface area contributed by atoms with Gasteiger partial charge in [0.15, 0.2) is 0 Å². The molecule has 0 N–H and O–H groups in total. The number of unbranched alkanes of at least 4 members (excludes halogenated alkanes) is 4. The zero-order valence-corrected chi connectivity index (χ0v) is 14.9. The van der Waals surface area contributed by atoms with Crippen LogP contribution in [0.3, 0.4) is 0 Å². The molecule has 0 heterocycles. The molecule has 4 heteroatoms. The van der Waals surface area contributed by atoms with E-state index in [2.05, 4.69) is 20.8 Å². The lowest BCUT2D eigenvalue weighted by Crippen LogP contribution is -2.31. The number of ether oxygens (including phenoxy) is 2. The van der Waals surface area contributed by atoms with Gasteiger partial charge in [-0.3, -0.25) is 9.59 Å². The summed E-state index contributed by atoms with van der Waals surface area (Å²) in [5.41, 5.74) is 0. The van der Waals surface area contributed by atoms with Crippen molar-refractivity contribution < 1.29 is 19.1 Å². The molecule has 0 saturated carbocycles. The van der Waals surface area contributed by atoms with E-state index in [4.69, 9.17) is 9.47 Å². The van der Waals surface area contributed by atoms with Gasteiger partial charge in [0.1, 0.15) is 0 Å². The monoisotopic (exact) mass is 314 g/mol. The van der Waals surface area contributed by atoms with Crippen LogP contribution in [-0.2, 0) is 19.1 Å². The van der Waals surface area contributed by atoms with Crippen molar-refractivity contribution in [1.29, 1.82) is 0 Å². The maximum atomic E-state index is 12.3. The molecule has 0 aromatic rings. The Kier molecular flexibility index (Phi) is 12.9. The molecule has 0 aliphatic heterocycles. The van der Waals surface area contributed by atoms with E-state index in [1.807, 2.05) is 0 Å². The van der Waals surface area contributed by atoms with Crippen molar-refractivity contribution in [2.75, 3.05) is 13.2 Å². The van der Waals surface area contributed by atoms with Gasteiger partial charge in [-0.15, -0.1) is 0 Å². The number of esters is 2. The van der Waals surface area contributed by atoms with Crippen LogP contribution in [0.25, 0.3) is 0 Å². The maximum absolute atomic E-state index is 12.3. The third kappa shape index (κ3) is 9.06. The van der Waals surface area contributed by atoms with Crippen molar-refractivity contribution >= 4 is 11.9 Å². The van der Waals surface area contributed by atoms with Gasteiger partial charge in [0.25, 0.3) is 0 Å². The Hall–Kier alpha value is -1.06. The summed E-state index contributed by atoms with van der Waals surface area (Å²) in [6.45, 7) is 8.89. The molecule has 0 aliphatic carbocycles. The van der Waals surface area contributed by atoms with E-state index < -0.39 is 5.92 Å². The van der Waals surface area contributed by atoms with E-state index >= 15 is 0 Å². The fourth-order valence-electron chi connectivity index (χ4n) is 2.22. The lowest BCUT2D eigenvalue weighted by molar-refractivity contribution is -0.160. The molecule has 0 spiro atoms. The Balaban J connectivity index is 4.52. The summed E-state index contributed by atoms with van der Waals surface area (Å²) in [5, 5.41) is 0. The highest BCUT2D eigenvalue weighted by Crippen LogP contribution is 2.22. The first-order chi connectivity index (χ1) is 10.6. The molecule has 0 aromatic carbocycles. The minimum Gasteiger partial charge on any atom is -0.465 e. The summed E-state index contributed by atoms with van der Waals surface area (Å²) in [6, 6.07) is 0. The second-order valence-electron chi connectivity index (χ2n) is 5.93. The highest BCUT2D eigenvalue weighted by Gasteiger charge is 2.32. The standard InChI is InChI=1S/C18H34O4/c1-5-8-11-12-16(18(20)22-14-10-7-3)15(4)17(19)21-13-9-6-2/h15-16H,5-14H2,1-4H3. The van der Waals surface area contributed by atoms with Crippen LogP contribution in [0.15, 0.2) is 0 Å². The molecule has 0 saturated heterocycles. The lowest BCUT2D eigenvalue weighted by atomic mass is 9.89. The predicted octanol–water partition coefficient (Wildman–Crippen LogP) is 4.51. The summed E-state index contributed by atoms with van der Waals surface area (Å²) in [7, 11) is 0. The van der Waals surface area contributed by atoms with Crippen LogP contribution in [0.5, 0.6) is 0 Å². The number of carbonyl (C=O) groups excluding carboxylic acids is 2. The van der Waals surface area contributed by atoms with E-state index in [-0.39, 0.29) is 17.9 Å². The van der Waals surface area contributed by atoms with Crippen molar-refractivity contribution in [3.05, 3.63) is 0 Å². The van der Waals surface area contributed by atoms with Crippen LogP contribution < -0.4 is 0 Å². The topological polar surface area (TPSA) is 52.6 Å². The molecule has 0 aromatic heterocycles.